The second kappa shape index (κ2) is 6.66. The molecule has 3 N–H and O–H groups in total. The summed E-state index contributed by atoms with van der Waals surface area (Å²) in [5.74, 6) is -2.55. The van der Waals surface area contributed by atoms with Crippen LogP contribution in [0.4, 0.5) is 14.6 Å². The number of anilines is 1. The van der Waals surface area contributed by atoms with Gasteiger partial charge in [0.25, 0.3) is 5.91 Å². The van der Waals surface area contributed by atoms with Crippen molar-refractivity contribution >= 4 is 17.4 Å². The average Bonchev–Trinajstić information content (AvgIpc) is 3.17. The summed E-state index contributed by atoms with van der Waals surface area (Å²) in [6.07, 6.45) is 0. The Labute approximate surface area is 144 Å². The number of halogens is 2. The molecule has 0 aliphatic heterocycles. The van der Waals surface area contributed by atoms with E-state index in [1.54, 1.807) is 13.8 Å². The first-order valence-corrected chi connectivity index (χ1v) is 7.19. The third kappa shape index (κ3) is 3.11. The first-order valence-electron chi connectivity index (χ1n) is 7.19. The quantitative estimate of drug-likeness (QED) is 0.521. The number of hydrazone groups is 1. The zero-order valence-corrected chi connectivity index (χ0v) is 13.6. The number of carbonyl (C=O) groups is 1. The van der Waals surface area contributed by atoms with Crippen molar-refractivity contribution in [3.8, 4) is 5.82 Å². The molecule has 0 fully saturated rings. The van der Waals surface area contributed by atoms with E-state index in [1.165, 1.54) is 4.68 Å². The molecule has 2 heterocycles. The van der Waals surface area contributed by atoms with Gasteiger partial charge in [0.1, 0.15) is 17.3 Å². The topological polar surface area (TPSA) is 137 Å². The molecular formula is C14H12F2N8O2. The highest BCUT2D eigenvalue weighted by Gasteiger charge is 2.20. The van der Waals surface area contributed by atoms with Crippen LogP contribution in [0.2, 0.25) is 0 Å². The van der Waals surface area contributed by atoms with Crippen LogP contribution in [0.5, 0.6) is 0 Å². The van der Waals surface area contributed by atoms with Crippen molar-refractivity contribution in [2.75, 3.05) is 5.73 Å². The summed E-state index contributed by atoms with van der Waals surface area (Å²) in [6.45, 7) is 3.22. The minimum atomic E-state index is -1.00. The Morgan fingerprint density at radius 2 is 2.12 bits per heavy atom. The molecule has 0 aliphatic carbocycles. The Morgan fingerprint density at radius 3 is 2.77 bits per heavy atom. The summed E-state index contributed by atoms with van der Waals surface area (Å²) >= 11 is 0. The van der Waals surface area contributed by atoms with E-state index in [1.807, 2.05) is 0 Å². The first kappa shape index (κ1) is 17.1. The predicted molar refractivity (Wildman–Crippen MR) is 84.4 cm³/mol. The van der Waals surface area contributed by atoms with Gasteiger partial charge in [-0.2, -0.15) is 9.78 Å². The van der Waals surface area contributed by atoms with E-state index in [0.29, 0.717) is 17.5 Å². The summed E-state index contributed by atoms with van der Waals surface area (Å²) in [5, 5.41) is 18.8. The minimum Gasteiger partial charge on any atom is -0.378 e. The zero-order chi connectivity index (χ0) is 18.8. The van der Waals surface area contributed by atoms with Crippen molar-refractivity contribution in [2.24, 2.45) is 5.10 Å². The van der Waals surface area contributed by atoms with E-state index < -0.39 is 17.5 Å². The molecule has 0 saturated carbocycles. The van der Waals surface area contributed by atoms with Gasteiger partial charge in [-0.1, -0.05) is 5.21 Å². The molecule has 0 saturated heterocycles. The molecule has 1 amide bonds. The zero-order valence-electron chi connectivity index (χ0n) is 13.6. The lowest BCUT2D eigenvalue weighted by molar-refractivity contribution is 0.0950. The number of amides is 1. The van der Waals surface area contributed by atoms with Gasteiger partial charge in [-0.05, 0) is 36.3 Å². The largest absolute Gasteiger partial charge is 0.378 e. The molecule has 10 nitrogen and oxygen atoms in total. The number of nitrogens with one attached hydrogen (secondary N) is 1. The maximum absolute atomic E-state index is 13.6. The van der Waals surface area contributed by atoms with Crippen molar-refractivity contribution in [2.45, 2.75) is 13.8 Å². The number of nitrogens with two attached hydrogens (primary N) is 1. The summed E-state index contributed by atoms with van der Waals surface area (Å²) in [7, 11) is 0. The Morgan fingerprint density at radius 1 is 1.35 bits per heavy atom. The van der Waals surface area contributed by atoms with Crippen molar-refractivity contribution in [3.05, 3.63) is 46.8 Å². The van der Waals surface area contributed by atoms with Crippen LogP contribution in [0.1, 0.15) is 28.7 Å². The van der Waals surface area contributed by atoms with Crippen LogP contribution in [-0.4, -0.2) is 36.9 Å². The van der Waals surface area contributed by atoms with Crippen LogP contribution in [-0.2, 0) is 0 Å². The molecule has 0 spiro atoms. The number of benzene rings is 1. The van der Waals surface area contributed by atoms with Gasteiger partial charge < -0.3 is 5.73 Å². The van der Waals surface area contributed by atoms with Crippen LogP contribution >= 0.6 is 0 Å². The molecule has 2 aromatic heterocycles. The fraction of sp³-hybridized carbons (Fsp3) is 0.143. The molecule has 26 heavy (non-hydrogen) atoms. The molecular weight excluding hydrogens is 350 g/mol. The molecule has 12 heteroatoms. The summed E-state index contributed by atoms with van der Waals surface area (Å²) < 4.78 is 32.3. The molecule has 3 rings (SSSR count). The Balaban J connectivity index is 1.88. The molecule has 1 aromatic carbocycles. The lowest BCUT2D eigenvalue weighted by atomic mass is 10.2. The number of aromatic nitrogens is 5. The number of carbonyl (C=O) groups excluding carboxylic acids is 1. The smallest absolute Gasteiger partial charge is 0.274 e. The number of hydrogen-bond donors (Lipinski definition) is 2. The highest BCUT2D eigenvalue weighted by molar-refractivity contribution is 6.00. The molecule has 0 bridgehead atoms. The highest BCUT2D eigenvalue weighted by Crippen LogP contribution is 2.16. The molecule has 134 valence electrons. The van der Waals surface area contributed by atoms with Gasteiger partial charge in [-0.25, -0.2) is 18.8 Å². The van der Waals surface area contributed by atoms with Crippen LogP contribution < -0.4 is 11.2 Å². The second-order valence-electron chi connectivity index (χ2n) is 5.17. The normalized spacial score (nSPS) is 11.6. The van der Waals surface area contributed by atoms with E-state index in [-0.39, 0.29) is 22.9 Å². The number of nitrogen functional groups attached to an aromatic ring is 1. The predicted octanol–water partition coefficient (Wildman–Crippen LogP) is 0.973. The van der Waals surface area contributed by atoms with Gasteiger partial charge in [-0.3, -0.25) is 4.79 Å². The van der Waals surface area contributed by atoms with Crippen LogP contribution in [0.15, 0.2) is 27.9 Å². The Bertz CT molecular complexity index is 1010. The average molecular weight is 362 g/mol. The number of hydrogen-bond acceptors (Lipinski definition) is 8. The van der Waals surface area contributed by atoms with E-state index >= 15 is 0 Å². The van der Waals surface area contributed by atoms with Crippen molar-refractivity contribution in [1.82, 2.24) is 30.7 Å². The van der Waals surface area contributed by atoms with Gasteiger partial charge in [0.2, 0.25) is 11.6 Å². The molecule has 3 aromatic rings. The molecule has 0 aliphatic rings. The van der Waals surface area contributed by atoms with Crippen molar-refractivity contribution in [1.29, 1.82) is 0 Å². The highest BCUT2D eigenvalue weighted by atomic mass is 19.1. The van der Waals surface area contributed by atoms with Crippen molar-refractivity contribution < 1.29 is 18.2 Å². The summed E-state index contributed by atoms with van der Waals surface area (Å²) in [5.41, 5.74) is 8.61. The summed E-state index contributed by atoms with van der Waals surface area (Å²) in [6, 6.07) is 2.59. The van der Waals surface area contributed by atoms with E-state index in [9.17, 15) is 13.6 Å². The molecule has 0 atom stereocenters. The molecule has 0 unspecified atom stereocenters. The lowest BCUT2D eigenvalue weighted by Crippen LogP contribution is -2.22. The van der Waals surface area contributed by atoms with Gasteiger partial charge in [0.05, 0.1) is 17.0 Å². The fourth-order valence-electron chi connectivity index (χ4n) is 2.18. The third-order valence-corrected chi connectivity index (χ3v) is 3.38. The van der Waals surface area contributed by atoms with Crippen molar-refractivity contribution in [3.63, 3.8) is 0 Å². The minimum absolute atomic E-state index is 0.0126. The van der Waals surface area contributed by atoms with Gasteiger partial charge in [-0.15, -0.1) is 5.10 Å². The SMILES string of the molecule is C/C(=N\NC(=O)c1ccc(F)cc1F)c1c(C)nnn1-c1nonc1N. The maximum atomic E-state index is 13.6. The Kier molecular flexibility index (Phi) is 4.39. The number of nitrogens with zero attached hydrogens (tertiary/aromatic N) is 6. The maximum Gasteiger partial charge on any atom is 0.274 e. The van der Waals surface area contributed by atoms with Crippen LogP contribution in [0.25, 0.3) is 5.82 Å². The first-order chi connectivity index (χ1) is 12.4. The number of rotatable bonds is 4. The van der Waals surface area contributed by atoms with Crippen LogP contribution in [0, 0.1) is 18.6 Å². The van der Waals surface area contributed by atoms with E-state index in [4.69, 9.17) is 5.73 Å². The lowest BCUT2D eigenvalue weighted by Gasteiger charge is -2.05. The van der Waals surface area contributed by atoms with Gasteiger partial charge in [0, 0.05) is 6.07 Å². The van der Waals surface area contributed by atoms with E-state index in [0.717, 1.165) is 12.1 Å². The van der Waals surface area contributed by atoms with Gasteiger partial charge >= 0.3 is 0 Å². The van der Waals surface area contributed by atoms with Gasteiger partial charge in [0.15, 0.2) is 0 Å². The van der Waals surface area contributed by atoms with Crippen LogP contribution in [0.3, 0.4) is 0 Å². The monoisotopic (exact) mass is 362 g/mol. The summed E-state index contributed by atoms with van der Waals surface area (Å²) in [4.78, 5) is 12.0. The Hall–Kier alpha value is -3.70. The number of aryl methyl sites for hydroxylation is 1. The molecule has 0 radical (unpaired) electrons. The fourth-order valence-corrected chi connectivity index (χ4v) is 2.18. The third-order valence-electron chi connectivity index (χ3n) is 3.38. The standard InChI is InChI=1S/C14H12F2N8O2/c1-6(18-20-14(25)9-4-3-8(15)5-10(9)16)11-7(2)19-23-24(11)13-12(17)21-26-22-13/h3-5H,1-2H3,(H2,17,21)(H,20,25)/b18-6+. The second-order valence-corrected chi connectivity index (χ2v) is 5.17. The van der Waals surface area contributed by atoms with E-state index in [2.05, 4.69) is 35.8 Å².